The van der Waals surface area contributed by atoms with Crippen LogP contribution in [0.15, 0.2) is 119 Å². The first-order valence-electron chi connectivity index (χ1n) is 14.4. The van der Waals surface area contributed by atoms with Gasteiger partial charge in [0.15, 0.2) is 0 Å². The van der Waals surface area contributed by atoms with E-state index in [1.165, 1.54) is 29.2 Å². The fraction of sp³-hybridized carbons (Fsp3) is 0.235. The molecule has 1 unspecified atom stereocenters. The molecule has 4 rings (SSSR count). The molecule has 0 spiro atoms. The fourth-order valence-electron chi connectivity index (χ4n) is 4.70. The van der Waals surface area contributed by atoms with Crippen molar-refractivity contribution in [1.29, 1.82) is 0 Å². The van der Waals surface area contributed by atoms with E-state index in [4.69, 9.17) is 0 Å². The quantitative estimate of drug-likeness (QED) is 0.158. The van der Waals surface area contributed by atoms with Crippen molar-refractivity contribution in [2.24, 2.45) is 0 Å². The Morgan fingerprint density at radius 3 is 2.07 bits per heavy atom. The average molecular weight is 681 g/mol. The predicted molar refractivity (Wildman–Crippen MR) is 174 cm³/mol. The normalized spacial score (nSPS) is 11.9. The van der Waals surface area contributed by atoms with Gasteiger partial charge in [0, 0.05) is 24.0 Å². The largest absolute Gasteiger partial charge is 0.354 e. The lowest BCUT2D eigenvalue weighted by Gasteiger charge is -2.34. The standard InChI is InChI=1S/C34H35BrFN3O4S/c1-2-3-22-37-34(41)32(23-26-10-6-4-7-11-26)38(24-27-14-16-28(35)17-15-27)33(40)25-39(30-20-18-29(36)19-21-30)44(42,43)31-12-8-5-9-13-31/h4-21,32H,2-3,22-25H2,1H3,(H,37,41). The highest BCUT2D eigenvalue weighted by Crippen LogP contribution is 2.25. The van der Waals surface area contributed by atoms with E-state index in [0.717, 1.165) is 44.9 Å². The van der Waals surface area contributed by atoms with Gasteiger partial charge in [0.25, 0.3) is 10.0 Å². The Morgan fingerprint density at radius 1 is 0.841 bits per heavy atom. The highest BCUT2D eigenvalue weighted by molar-refractivity contribution is 9.10. The van der Waals surface area contributed by atoms with Crippen molar-refractivity contribution < 1.29 is 22.4 Å². The number of unbranched alkanes of at least 4 members (excludes halogenated alkanes) is 1. The number of nitrogens with zero attached hydrogens (tertiary/aromatic N) is 2. The topological polar surface area (TPSA) is 86.8 Å². The minimum Gasteiger partial charge on any atom is -0.354 e. The van der Waals surface area contributed by atoms with Crippen LogP contribution >= 0.6 is 15.9 Å². The number of hydrogen-bond donors (Lipinski definition) is 1. The molecule has 0 fully saturated rings. The van der Waals surface area contributed by atoms with Crippen molar-refractivity contribution >= 4 is 43.5 Å². The third kappa shape index (κ3) is 8.76. The van der Waals surface area contributed by atoms with Crippen LogP contribution in [0.2, 0.25) is 0 Å². The van der Waals surface area contributed by atoms with E-state index in [-0.39, 0.29) is 29.5 Å². The maximum Gasteiger partial charge on any atom is 0.264 e. The molecule has 2 amide bonds. The fourth-order valence-corrected chi connectivity index (χ4v) is 6.40. The molecule has 7 nitrogen and oxygen atoms in total. The van der Waals surface area contributed by atoms with E-state index in [1.807, 2.05) is 61.5 Å². The second kappa shape index (κ2) is 15.6. The molecule has 0 aliphatic carbocycles. The minimum absolute atomic E-state index is 0.0188. The molecule has 0 aliphatic rings. The second-order valence-electron chi connectivity index (χ2n) is 10.3. The average Bonchev–Trinajstić information content (AvgIpc) is 3.03. The smallest absolute Gasteiger partial charge is 0.264 e. The SMILES string of the molecule is CCCCNC(=O)C(Cc1ccccc1)N(Cc1ccc(Br)cc1)C(=O)CN(c1ccc(F)cc1)S(=O)(=O)c1ccccc1. The number of sulfonamides is 1. The minimum atomic E-state index is -4.24. The molecule has 10 heteroatoms. The Kier molecular flexibility index (Phi) is 11.7. The Balaban J connectivity index is 1.77. The van der Waals surface area contributed by atoms with Gasteiger partial charge in [-0.05, 0) is 66.1 Å². The van der Waals surface area contributed by atoms with Crippen molar-refractivity contribution in [2.45, 2.75) is 43.7 Å². The van der Waals surface area contributed by atoms with Crippen LogP contribution in [0.4, 0.5) is 10.1 Å². The van der Waals surface area contributed by atoms with Gasteiger partial charge in [-0.1, -0.05) is 89.9 Å². The summed E-state index contributed by atoms with van der Waals surface area (Å²) in [5.41, 5.74) is 1.74. The summed E-state index contributed by atoms with van der Waals surface area (Å²) in [7, 11) is -4.24. The van der Waals surface area contributed by atoms with Crippen molar-refractivity contribution in [3.63, 3.8) is 0 Å². The number of hydrogen-bond acceptors (Lipinski definition) is 4. The molecule has 230 valence electrons. The van der Waals surface area contributed by atoms with Crippen LogP contribution < -0.4 is 9.62 Å². The molecule has 0 radical (unpaired) electrons. The number of nitrogens with one attached hydrogen (secondary N) is 1. The first kappa shape index (κ1) is 32.9. The summed E-state index contributed by atoms with van der Waals surface area (Å²) in [5, 5.41) is 2.97. The van der Waals surface area contributed by atoms with Crippen molar-refractivity contribution in [2.75, 3.05) is 17.4 Å². The van der Waals surface area contributed by atoms with Gasteiger partial charge in [0.05, 0.1) is 10.6 Å². The lowest BCUT2D eigenvalue weighted by Crippen LogP contribution is -2.53. The zero-order valence-corrected chi connectivity index (χ0v) is 26.8. The zero-order valence-electron chi connectivity index (χ0n) is 24.4. The zero-order chi connectivity index (χ0) is 31.5. The molecule has 0 aliphatic heterocycles. The number of carbonyl (C=O) groups is 2. The molecule has 0 saturated carbocycles. The molecule has 4 aromatic carbocycles. The second-order valence-corrected chi connectivity index (χ2v) is 13.1. The molecular weight excluding hydrogens is 645 g/mol. The molecule has 0 bridgehead atoms. The van der Waals surface area contributed by atoms with Gasteiger partial charge >= 0.3 is 0 Å². The highest BCUT2D eigenvalue weighted by Gasteiger charge is 2.34. The molecule has 0 aromatic heterocycles. The lowest BCUT2D eigenvalue weighted by atomic mass is 10.0. The Bertz CT molecular complexity index is 1620. The van der Waals surface area contributed by atoms with Gasteiger partial charge in [-0.25, -0.2) is 12.8 Å². The van der Waals surface area contributed by atoms with Crippen LogP contribution in [0, 0.1) is 5.82 Å². The van der Waals surface area contributed by atoms with E-state index in [1.54, 1.807) is 18.2 Å². The molecule has 44 heavy (non-hydrogen) atoms. The van der Waals surface area contributed by atoms with E-state index < -0.39 is 34.3 Å². The van der Waals surface area contributed by atoms with Gasteiger partial charge in [0.2, 0.25) is 11.8 Å². The highest BCUT2D eigenvalue weighted by atomic mass is 79.9. The third-order valence-electron chi connectivity index (χ3n) is 7.09. The monoisotopic (exact) mass is 679 g/mol. The summed E-state index contributed by atoms with van der Waals surface area (Å²) in [6, 6.07) is 28.5. The summed E-state index contributed by atoms with van der Waals surface area (Å²) in [6.45, 7) is 1.93. The number of carbonyl (C=O) groups excluding carboxylic acids is 2. The Hall–Kier alpha value is -4.02. The molecule has 1 atom stereocenters. The number of rotatable bonds is 14. The summed E-state index contributed by atoms with van der Waals surface area (Å²) in [5.74, 6) is -1.45. The summed E-state index contributed by atoms with van der Waals surface area (Å²) in [6.07, 6.45) is 1.89. The van der Waals surface area contributed by atoms with Crippen molar-refractivity contribution in [3.05, 3.63) is 131 Å². The number of benzene rings is 4. The van der Waals surface area contributed by atoms with Crippen LogP contribution in [0.3, 0.4) is 0 Å². The van der Waals surface area contributed by atoms with Crippen LogP contribution in [-0.4, -0.2) is 44.3 Å². The van der Waals surface area contributed by atoms with Crippen LogP contribution in [0.5, 0.6) is 0 Å². The van der Waals surface area contributed by atoms with Crippen LogP contribution in [0.25, 0.3) is 0 Å². The predicted octanol–water partition coefficient (Wildman–Crippen LogP) is 6.34. The maximum absolute atomic E-state index is 14.4. The van der Waals surface area contributed by atoms with Crippen molar-refractivity contribution in [1.82, 2.24) is 10.2 Å². The Morgan fingerprint density at radius 2 is 1.45 bits per heavy atom. The summed E-state index contributed by atoms with van der Waals surface area (Å²) >= 11 is 3.44. The van der Waals surface area contributed by atoms with Gasteiger partial charge in [0.1, 0.15) is 18.4 Å². The molecular formula is C34H35BrFN3O4S. The molecule has 1 N–H and O–H groups in total. The van der Waals surface area contributed by atoms with Crippen LogP contribution in [-0.2, 0) is 32.6 Å². The first-order valence-corrected chi connectivity index (χ1v) is 16.6. The van der Waals surface area contributed by atoms with Gasteiger partial charge in [-0.15, -0.1) is 0 Å². The van der Waals surface area contributed by atoms with E-state index >= 15 is 0 Å². The summed E-state index contributed by atoms with van der Waals surface area (Å²) < 4.78 is 43.5. The van der Waals surface area contributed by atoms with E-state index in [2.05, 4.69) is 21.2 Å². The van der Waals surface area contributed by atoms with Gasteiger partial charge in [-0.2, -0.15) is 0 Å². The first-order chi connectivity index (χ1) is 21.2. The third-order valence-corrected chi connectivity index (χ3v) is 9.41. The van der Waals surface area contributed by atoms with Gasteiger partial charge in [-0.3, -0.25) is 13.9 Å². The number of anilines is 1. The van der Waals surface area contributed by atoms with Crippen LogP contribution in [0.1, 0.15) is 30.9 Å². The number of halogens is 2. The number of amides is 2. The Labute approximate surface area is 266 Å². The van der Waals surface area contributed by atoms with E-state index in [0.29, 0.717) is 6.54 Å². The lowest BCUT2D eigenvalue weighted by molar-refractivity contribution is -0.140. The molecule has 0 heterocycles. The molecule has 4 aromatic rings. The summed E-state index contributed by atoms with van der Waals surface area (Å²) in [4.78, 5) is 29.5. The van der Waals surface area contributed by atoms with Crippen molar-refractivity contribution in [3.8, 4) is 0 Å². The maximum atomic E-state index is 14.4. The van der Waals surface area contributed by atoms with E-state index in [9.17, 15) is 22.4 Å². The molecule has 0 saturated heterocycles. The van der Waals surface area contributed by atoms with Gasteiger partial charge < -0.3 is 10.2 Å².